The summed E-state index contributed by atoms with van der Waals surface area (Å²) in [6.45, 7) is 3.39. The second-order valence-corrected chi connectivity index (χ2v) is 13.1. The normalized spacial score (nSPS) is 16.8. The van der Waals surface area contributed by atoms with E-state index >= 15 is 0 Å². The van der Waals surface area contributed by atoms with Crippen LogP contribution in [0.5, 0.6) is 0 Å². The van der Waals surface area contributed by atoms with E-state index in [0.717, 1.165) is 15.4 Å². The van der Waals surface area contributed by atoms with Crippen molar-refractivity contribution in [1.29, 1.82) is 0 Å². The number of thiol groups is 1. The van der Waals surface area contributed by atoms with E-state index in [1.807, 2.05) is 37.4 Å². The highest BCUT2D eigenvalue weighted by atomic mass is 35.5. The Morgan fingerprint density at radius 1 is 1.07 bits per heavy atom. The second-order valence-electron chi connectivity index (χ2n) is 9.97. The number of carbonyl (C=O) groups excluding carboxylic acids is 1. The van der Waals surface area contributed by atoms with Gasteiger partial charge in [0.2, 0.25) is 15.9 Å². The van der Waals surface area contributed by atoms with Crippen molar-refractivity contribution in [2.24, 2.45) is 11.8 Å². The molecule has 0 saturated carbocycles. The number of nitrogens with zero attached hydrogens (tertiary/aromatic N) is 3. The number of benzene rings is 2. The summed E-state index contributed by atoms with van der Waals surface area (Å²) >= 11 is 10.2. The summed E-state index contributed by atoms with van der Waals surface area (Å²) in [7, 11) is -2.25. The fourth-order valence-electron chi connectivity index (χ4n) is 4.37. The van der Waals surface area contributed by atoms with Gasteiger partial charge in [-0.05, 0) is 48.7 Å². The van der Waals surface area contributed by atoms with Crippen LogP contribution in [0.3, 0.4) is 0 Å². The smallest absolute Gasteiger partial charge is 0.306 e. The van der Waals surface area contributed by atoms with Crippen molar-refractivity contribution in [3.8, 4) is 0 Å². The molecular weight excluding hydrogens is 570 g/mol. The van der Waals surface area contributed by atoms with Crippen molar-refractivity contribution in [2.75, 3.05) is 46.3 Å². The molecule has 2 aromatic carbocycles. The molecule has 2 unspecified atom stereocenters. The van der Waals surface area contributed by atoms with Crippen molar-refractivity contribution in [1.82, 2.24) is 14.1 Å². The monoisotopic (exact) mass is 605 g/mol. The number of hydrogen-bond donors (Lipinski definition) is 2. The van der Waals surface area contributed by atoms with Gasteiger partial charge in [-0.2, -0.15) is 4.31 Å². The Labute approximate surface area is 247 Å². The predicted molar refractivity (Wildman–Crippen MR) is 163 cm³/mol. The maximum Gasteiger partial charge on any atom is 0.306 e. The van der Waals surface area contributed by atoms with Gasteiger partial charge in [0.25, 0.3) is 0 Å². The Kier molecular flexibility index (Phi) is 11.8. The lowest BCUT2D eigenvalue weighted by molar-refractivity contribution is -0.143. The number of amides is 1. The molecule has 216 valence electrons. The first kappa shape index (κ1) is 31.9. The number of carbonyl (C=O) groups is 2. The second kappa shape index (κ2) is 14.8. The zero-order valence-corrected chi connectivity index (χ0v) is 25.2. The molecular formula is C29H36ClN3O5S2. The van der Waals surface area contributed by atoms with Crippen molar-refractivity contribution in [2.45, 2.75) is 13.3 Å². The van der Waals surface area contributed by atoms with E-state index < -0.39 is 34.4 Å². The molecule has 3 rings (SSSR count). The minimum absolute atomic E-state index is 0.150. The SMILES string of the molecule is CC(C(=O)O)C(Cc1ccccc1)CN(CC(=O)N1CCN(C)CC1)S(=O)(=O)/C(S)=C/C=C/c1ccc(Cl)cc1. The summed E-state index contributed by atoms with van der Waals surface area (Å²) in [5.41, 5.74) is 1.70. The van der Waals surface area contributed by atoms with Crippen LogP contribution in [0.4, 0.5) is 0 Å². The molecule has 8 nitrogen and oxygen atoms in total. The van der Waals surface area contributed by atoms with E-state index in [1.54, 1.807) is 48.2 Å². The Morgan fingerprint density at radius 3 is 2.30 bits per heavy atom. The van der Waals surface area contributed by atoms with Gasteiger partial charge in [-0.25, -0.2) is 8.42 Å². The number of likely N-dealkylation sites (N-methyl/N-ethyl adjacent to an activating group) is 1. The lowest BCUT2D eigenvalue weighted by Crippen LogP contribution is -2.51. The zero-order valence-electron chi connectivity index (χ0n) is 22.7. The summed E-state index contributed by atoms with van der Waals surface area (Å²) in [5, 5.41) is 10.4. The van der Waals surface area contributed by atoms with Gasteiger partial charge in [0.05, 0.1) is 12.5 Å². The highest BCUT2D eigenvalue weighted by Crippen LogP contribution is 2.25. The minimum atomic E-state index is -4.22. The van der Waals surface area contributed by atoms with E-state index in [-0.39, 0.29) is 16.7 Å². The number of hydrogen-bond acceptors (Lipinski definition) is 6. The molecule has 1 aliphatic heterocycles. The molecule has 1 saturated heterocycles. The van der Waals surface area contributed by atoms with Gasteiger partial charge in [0.15, 0.2) is 0 Å². The molecule has 1 amide bonds. The van der Waals surface area contributed by atoms with Gasteiger partial charge >= 0.3 is 5.97 Å². The summed E-state index contributed by atoms with van der Waals surface area (Å²) in [4.78, 5) is 29.0. The average molecular weight is 606 g/mol. The first-order valence-corrected chi connectivity index (χ1v) is 15.3. The number of rotatable bonds is 12. The van der Waals surface area contributed by atoms with Crippen LogP contribution in [0.2, 0.25) is 5.02 Å². The molecule has 0 bridgehead atoms. The Morgan fingerprint density at radius 2 is 1.70 bits per heavy atom. The van der Waals surface area contributed by atoms with Crippen LogP contribution in [-0.2, 0) is 26.0 Å². The number of carboxylic acids is 1. The molecule has 11 heteroatoms. The third-order valence-corrected chi connectivity index (χ3v) is 9.76. The van der Waals surface area contributed by atoms with Crippen molar-refractivity contribution >= 4 is 52.2 Å². The van der Waals surface area contributed by atoms with Crippen LogP contribution in [0.1, 0.15) is 18.1 Å². The Balaban J connectivity index is 1.90. The number of halogens is 1. The molecule has 1 heterocycles. The van der Waals surface area contributed by atoms with Gasteiger partial charge in [-0.3, -0.25) is 9.59 Å². The van der Waals surface area contributed by atoms with Crippen LogP contribution in [-0.4, -0.2) is 85.8 Å². The fraction of sp³-hybridized carbons (Fsp3) is 0.379. The van der Waals surface area contributed by atoms with Gasteiger partial charge in [-0.1, -0.05) is 73.1 Å². The zero-order chi connectivity index (χ0) is 29.3. The summed E-state index contributed by atoms with van der Waals surface area (Å²) in [6, 6.07) is 16.4. The van der Waals surface area contributed by atoms with Crippen LogP contribution in [0.25, 0.3) is 6.08 Å². The van der Waals surface area contributed by atoms with Crippen LogP contribution >= 0.6 is 24.2 Å². The topological polar surface area (TPSA) is 98.2 Å². The molecule has 0 radical (unpaired) electrons. The van der Waals surface area contributed by atoms with E-state index in [2.05, 4.69) is 17.5 Å². The lowest BCUT2D eigenvalue weighted by atomic mass is 9.88. The Bertz CT molecular complexity index is 1310. The third kappa shape index (κ3) is 9.21. The average Bonchev–Trinajstić information content (AvgIpc) is 2.93. The first-order chi connectivity index (χ1) is 19.0. The first-order valence-electron chi connectivity index (χ1n) is 13.0. The van der Waals surface area contributed by atoms with Gasteiger partial charge in [0, 0.05) is 37.7 Å². The van der Waals surface area contributed by atoms with E-state index in [1.165, 1.54) is 6.08 Å². The number of allylic oxidation sites excluding steroid dienone is 2. The maximum atomic E-state index is 13.8. The van der Waals surface area contributed by atoms with Crippen molar-refractivity contribution in [3.05, 3.63) is 87.1 Å². The van der Waals surface area contributed by atoms with Crippen LogP contribution in [0.15, 0.2) is 71.0 Å². The van der Waals surface area contributed by atoms with E-state index in [9.17, 15) is 23.1 Å². The molecule has 2 atom stereocenters. The van der Waals surface area contributed by atoms with Crippen molar-refractivity contribution in [3.63, 3.8) is 0 Å². The highest BCUT2D eigenvalue weighted by molar-refractivity contribution is 8.09. The molecule has 1 N–H and O–H groups in total. The number of sulfonamides is 1. The lowest BCUT2D eigenvalue weighted by Gasteiger charge is -2.34. The van der Waals surface area contributed by atoms with Crippen molar-refractivity contribution < 1.29 is 23.1 Å². The minimum Gasteiger partial charge on any atom is -0.481 e. The summed E-state index contributed by atoms with van der Waals surface area (Å²) < 4.78 is 28.4. The van der Waals surface area contributed by atoms with Crippen LogP contribution in [0, 0.1) is 11.8 Å². The standard InChI is InChI=1S/C29H36ClN3O5S2/c1-22(29(35)36)25(19-24-7-4-3-5-8-24)20-33(21-27(34)32-17-15-31(2)16-18-32)40(37,38)28(39)10-6-9-23-11-13-26(30)14-12-23/h3-14,22,25,39H,15-21H2,1-2H3,(H,35,36)/b9-6+,28-10+. The number of aliphatic carboxylic acids is 1. The number of piperazine rings is 1. The van der Waals surface area contributed by atoms with Gasteiger partial charge in [-0.15, -0.1) is 12.6 Å². The van der Waals surface area contributed by atoms with E-state index in [4.69, 9.17) is 11.6 Å². The largest absolute Gasteiger partial charge is 0.481 e. The predicted octanol–water partition coefficient (Wildman–Crippen LogP) is 4.11. The van der Waals surface area contributed by atoms with Gasteiger partial charge in [0.1, 0.15) is 4.24 Å². The summed E-state index contributed by atoms with van der Waals surface area (Å²) in [6.07, 6.45) is 4.97. The third-order valence-electron chi connectivity index (χ3n) is 7.04. The maximum absolute atomic E-state index is 13.8. The number of carboxylic acid groups (broad SMARTS) is 1. The molecule has 40 heavy (non-hydrogen) atoms. The Hall–Kier alpha value is -2.63. The van der Waals surface area contributed by atoms with Crippen LogP contribution < -0.4 is 0 Å². The molecule has 0 aromatic heterocycles. The summed E-state index contributed by atoms with van der Waals surface area (Å²) in [5.74, 6) is -2.79. The molecule has 0 aliphatic carbocycles. The quantitative estimate of drug-likeness (QED) is 0.279. The van der Waals surface area contributed by atoms with Gasteiger partial charge < -0.3 is 14.9 Å². The molecule has 2 aromatic rings. The molecule has 1 aliphatic rings. The fourth-order valence-corrected chi connectivity index (χ4v) is 6.11. The molecule has 0 spiro atoms. The molecule has 1 fully saturated rings. The highest BCUT2D eigenvalue weighted by Gasteiger charge is 2.34. The van der Waals surface area contributed by atoms with E-state index in [0.29, 0.717) is 37.6 Å².